The van der Waals surface area contributed by atoms with Gasteiger partial charge in [-0.25, -0.2) is 9.02 Å². The van der Waals surface area contributed by atoms with E-state index in [-0.39, 0.29) is 35.5 Å². The van der Waals surface area contributed by atoms with Crippen molar-refractivity contribution >= 4 is 36.6 Å². The van der Waals surface area contributed by atoms with Crippen LogP contribution in [0.25, 0.3) is 0 Å². The minimum atomic E-state index is -0.583. The molecule has 3 rings (SSSR count). The molecule has 0 atom stereocenters. The predicted molar refractivity (Wildman–Crippen MR) is 105 cm³/mol. The van der Waals surface area contributed by atoms with Crippen LogP contribution in [0.3, 0.4) is 0 Å². The normalized spacial score (nSPS) is 10.1. The van der Waals surface area contributed by atoms with Crippen LogP contribution in [-0.2, 0) is 4.79 Å². The first-order valence-corrected chi connectivity index (χ1v) is 8.34. The Kier molecular flexibility index (Phi) is 5.84. The van der Waals surface area contributed by atoms with E-state index in [1.165, 1.54) is 18.2 Å². The summed E-state index contributed by atoms with van der Waals surface area (Å²) in [6.45, 7) is -0.386. The van der Waals surface area contributed by atoms with E-state index in [1.807, 2.05) is 6.07 Å². The van der Waals surface area contributed by atoms with Gasteiger partial charge in [0, 0.05) is 5.69 Å². The van der Waals surface area contributed by atoms with Crippen LogP contribution in [0.5, 0.6) is 5.75 Å². The van der Waals surface area contributed by atoms with Crippen molar-refractivity contribution in [3.8, 4) is 11.8 Å². The van der Waals surface area contributed by atoms with Crippen molar-refractivity contribution in [1.82, 2.24) is 10.3 Å². The second kappa shape index (κ2) is 8.66. The number of benzene rings is 2. The summed E-state index contributed by atoms with van der Waals surface area (Å²) in [6.07, 6.45) is 0. The number of halogens is 1. The van der Waals surface area contributed by atoms with Crippen LogP contribution in [0.15, 0.2) is 47.1 Å². The fourth-order valence-corrected chi connectivity index (χ4v) is 2.36. The summed E-state index contributed by atoms with van der Waals surface area (Å²) >= 11 is 0. The zero-order valence-electron chi connectivity index (χ0n) is 15.2. The molecule has 0 aliphatic rings. The van der Waals surface area contributed by atoms with Gasteiger partial charge in [-0.05, 0) is 40.6 Å². The molecule has 0 radical (unpaired) electrons. The highest BCUT2D eigenvalue weighted by Gasteiger charge is 2.18. The van der Waals surface area contributed by atoms with E-state index < -0.39 is 5.91 Å². The first-order valence-electron chi connectivity index (χ1n) is 8.34. The van der Waals surface area contributed by atoms with E-state index in [1.54, 1.807) is 32.1 Å². The maximum atomic E-state index is 13.4. The highest BCUT2D eigenvalue weighted by Crippen LogP contribution is 2.17. The molecule has 11 heteroatoms. The average Bonchev–Trinajstić information content (AvgIpc) is 3.17. The largest absolute Gasteiger partial charge is 0.482 e. The molecule has 1 heterocycles. The second-order valence-electron chi connectivity index (χ2n) is 5.87. The van der Waals surface area contributed by atoms with E-state index in [9.17, 15) is 9.18 Å². The summed E-state index contributed by atoms with van der Waals surface area (Å²) in [5.74, 6) is -0.965. The average molecular weight is 392 g/mol. The summed E-state index contributed by atoms with van der Waals surface area (Å²) in [4.78, 5) is 12.1. The fraction of sp³-hybridized carbons (Fsp3) is 0.0556. The smallest absolute Gasteiger partial charge is 0.263 e. The Morgan fingerprint density at radius 3 is 2.83 bits per heavy atom. The number of hydrogen-bond acceptors (Lipinski definition) is 7. The van der Waals surface area contributed by atoms with Crippen molar-refractivity contribution in [2.75, 3.05) is 17.2 Å². The molecule has 144 valence electrons. The summed E-state index contributed by atoms with van der Waals surface area (Å²) in [7, 11) is 1.60. The van der Waals surface area contributed by atoms with Crippen molar-refractivity contribution in [2.45, 2.75) is 0 Å². The molecule has 0 aliphatic carbocycles. The third-order valence-electron chi connectivity index (χ3n) is 3.78. The highest BCUT2D eigenvalue weighted by atomic mass is 19.1. The quantitative estimate of drug-likeness (QED) is 0.321. The van der Waals surface area contributed by atoms with Crippen molar-refractivity contribution in [1.29, 1.82) is 10.7 Å². The van der Waals surface area contributed by atoms with Crippen molar-refractivity contribution < 1.29 is 18.6 Å². The molecule has 0 aliphatic heterocycles. The zero-order valence-corrected chi connectivity index (χ0v) is 15.2. The number of nitrogens with zero attached hydrogens (tertiary/aromatic N) is 3. The van der Waals surface area contributed by atoms with Gasteiger partial charge in [-0.15, -0.1) is 0 Å². The van der Waals surface area contributed by atoms with Gasteiger partial charge in [0.2, 0.25) is 5.82 Å². The summed E-state index contributed by atoms with van der Waals surface area (Å²) < 4.78 is 23.3. The van der Waals surface area contributed by atoms with Gasteiger partial charge in [-0.3, -0.25) is 10.2 Å². The Morgan fingerprint density at radius 1 is 1.28 bits per heavy atom. The van der Waals surface area contributed by atoms with Gasteiger partial charge in [0.15, 0.2) is 18.1 Å². The van der Waals surface area contributed by atoms with Crippen LogP contribution in [0.1, 0.15) is 11.3 Å². The number of rotatable bonds is 6. The van der Waals surface area contributed by atoms with Crippen LogP contribution in [0, 0.1) is 22.6 Å². The maximum absolute atomic E-state index is 13.4. The molecule has 1 aromatic heterocycles. The molecule has 29 heavy (non-hydrogen) atoms. The van der Waals surface area contributed by atoms with Gasteiger partial charge in [0.05, 0.1) is 5.56 Å². The number of ether oxygens (including phenoxy) is 1. The first kappa shape index (κ1) is 19.6. The lowest BCUT2D eigenvalue weighted by Crippen LogP contribution is -2.23. The number of amidine groups is 1. The molecule has 0 saturated heterocycles. The van der Waals surface area contributed by atoms with Gasteiger partial charge in [-0.2, -0.15) is 5.26 Å². The van der Waals surface area contributed by atoms with Crippen molar-refractivity contribution in [3.63, 3.8) is 0 Å². The summed E-state index contributed by atoms with van der Waals surface area (Å²) in [6, 6.07) is 12.7. The molecule has 3 aromatic rings. The molecule has 0 unspecified atom stereocenters. The van der Waals surface area contributed by atoms with Crippen LogP contribution >= 0.6 is 0 Å². The van der Waals surface area contributed by atoms with Crippen molar-refractivity contribution in [2.24, 2.45) is 0 Å². The van der Waals surface area contributed by atoms with Gasteiger partial charge < -0.3 is 15.4 Å². The van der Waals surface area contributed by atoms with E-state index in [0.29, 0.717) is 16.7 Å². The molecule has 9 nitrogen and oxygen atoms in total. The Balaban J connectivity index is 1.63. The van der Waals surface area contributed by atoms with Gasteiger partial charge >= 0.3 is 0 Å². The predicted octanol–water partition coefficient (Wildman–Crippen LogP) is 0.794. The number of nitrogens with one attached hydrogen (secondary N) is 3. The molecule has 0 bridgehead atoms. The van der Waals surface area contributed by atoms with Gasteiger partial charge in [0.1, 0.15) is 25.5 Å². The Hall–Kier alpha value is -4.20. The number of para-hydroxylation sites is 1. The lowest BCUT2D eigenvalue weighted by atomic mass is 9.95. The molecule has 0 fully saturated rings. The van der Waals surface area contributed by atoms with Crippen LogP contribution in [0.4, 0.5) is 15.9 Å². The zero-order chi connectivity index (χ0) is 20.8. The Morgan fingerprint density at radius 2 is 2.07 bits per heavy atom. The first-order chi connectivity index (χ1) is 14.0. The number of amides is 1. The van der Waals surface area contributed by atoms with E-state index in [2.05, 4.69) is 25.6 Å². The molecule has 3 N–H and O–H groups in total. The minimum Gasteiger partial charge on any atom is -0.482 e. The number of carbonyl (C=O) groups is 1. The van der Waals surface area contributed by atoms with E-state index >= 15 is 0 Å². The minimum absolute atomic E-state index is 0.0437. The Labute approximate surface area is 165 Å². The maximum Gasteiger partial charge on any atom is 0.263 e. The SMILES string of the molecule is Bc1cc(NC(=N)c2nonc2NC(=O)COc2ccccc2C#N)ccc1F. The van der Waals surface area contributed by atoms with Gasteiger partial charge in [0.25, 0.3) is 5.91 Å². The number of hydrogen-bond donors (Lipinski definition) is 3. The number of carbonyl (C=O) groups excluding carboxylic acids is 1. The lowest BCUT2D eigenvalue weighted by Gasteiger charge is -2.09. The third-order valence-corrected chi connectivity index (χ3v) is 3.78. The number of anilines is 2. The lowest BCUT2D eigenvalue weighted by molar-refractivity contribution is -0.118. The number of nitriles is 1. The molecule has 0 spiro atoms. The van der Waals surface area contributed by atoms with Crippen LogP contribution < -0.4 is 20.8 Å². The monoisotopic (exact) mass is 392 g/mol. The third kappa shape index (κ3) is 4.75. The highest BCUT2D eigenvalue weighted by molar-refractivity contribution is 6.32. The molecular formula is C18H14BFN6O3. The van der Waals surface area contributed by atoms with Crippen LogP contribution in [-0.4, -0.2) is 36.5 Å². The molecule has 2 aromatic carbocycles. The molecular weight excluding hydrogens is 378 g/mol. The standard InChI is InChI=1S/C18H14BFN6O3/c19-12-7-11(5-6-13(12)20)23-17(22)16-18(26-29-25-16)24-15(27)9-28-14-4-2-1-3-10(14)8-21/h1-7H,9,19H2,(H2,22,23)(H,24,26,27). The molecule has 1 amide bonds. The second-order valence-corrected chi connectivity index (χ2v) is 5.87. The fourth-order valence-electron chi connectivity index (χ4n) is 2.36. The topological polar surface area (TPSA) is 137 Å². The van der Waals surface area contributed by atoms with Gasteiger partial charge in [-0.1, -0.05) is 17.6 Å². The summed E-state index contributed by atoms with van der Waals surface area (Å²) in [5.41, 5.74) is 1.12. The summed E-state index contributed by atoms with van der Waals surface area (Å²) in [5, 5.41) is 29.5. The van der Waals surface area contributed by atoms with E-state index in [0.717, 1.165) is 0 Å². The number of aromatic nitrogens is 2. The van der Waals surface area contributed by atoms with Crippen molar-refractivity contribution in [3.05, 3.63) is 59.5 Å². The van der Waals surface area contributed by atoms with E-state index in [4.69, 9.17) is 15.4 Å². The molecule has 0 saturated carbocycles. The Bertz CT molecular complexity index is 1110. The van der Waals surface area contributed by atoms with Crippen LogP contribution in [0.2, 0.25) is 0 Å².